The number of hydrogen-bond acceptors (Lipinski definition) is 10. The molecule has 1 aromatic carbocycles. The molecular weight excluding hydrogens is 428 g/mol. The highest BCUT2D eigenvalue weighted by molar-refractivity contribution is 8.00. The fourth-order valence-electron chi connectivity index (χ4n) is 2.85. The van der Waals surface area contributed by atoms with Gasteiger partial charge in [0, 0.05) is 11.3 Å². The molecule has 162 valence electrons. The Morgan fingerprint density at radius 1 is 1.25 bits per heavy atom. The summed E-state index contributed by atoms with van der Waals surface area (Å²) in [6.07, 6.45) is 2.32. The van der Waals surface area contributed by atoms with E-state index >= 15 is 0 Å². The highest BCUT2D eigenvalue weighted by atomic mass is 32.2. The van der Waals surface area contributed by atoms with Crippen molar-refractivity contribution in [2.75, 3.05) is 30.6 Å². The molecule has 0 aliphatic carbocycles. The first-order valence-corrected chi connectivity index (χ1v) is 10.5. The standard InChI is InChI=1S/C21H20N8O2S/c1-4-13-5-7-14(8-6-13)19-15(9-22)20(24)26-21(16(19)10-23)32-12-17(30)25-18-11-29(27-31-18)28(2)3/h5-8,11H,4,12H2,1-3H3,(H2-,24,25,26,27,30). The van der Waals surface area contributed by atoms with Crippen LogP contribution in [0, 0.1) is 22.7 Å². The average molecular weight is 449 g/mol. The third-order valence-electron chi connectivity index (χ3n) is 4.49. The van der Waals surface area contributed by atoms with Gasteiger partial charge in [0.15, 0.2) is 0 Å². The number of aryl methyl sites for hydroxylation is 1. The minimum atomic E-state index is -0.500. The number of aliphatic imine (C=N–C) groups is 1. The molecule has 0 bridgehead atoms. The second-order valence-corrected chi connectivity index (χ2v) is 7.77. The Labute approximate surface area is 189 Å². The molecule has 32 heavy (non-hydrogen) atoms. The SMILES string of the molecule is CCc1ccc(-c2c(C#N)c(N)nc(SC/C([O-])=N\c3c[n+](N(C)C)no3)c2C#N)cc1. The summed E-state index contributed by atoms with van der Waals surface area (Å²) in [7, 11) is 3.50. The number of thioether (sulfide) groups is 1. The molecule has 0 aliphatic rings. The zero-order valence-corrected chi connectivity index (χ0v) is 18.6. The molecule has 0 atom stereocenters. The van der Waals surface area contributed by atoms with Gasteiger partial charge >= 0.3 is 5.88 Å². The van der Waals surface area contributed by atoms with Crippen molar-refractivity contribution in [1.82, 2.24) is 10.3 Å². The van der Waals surface area contributed by atoms with Crippen LogP contribution in [0.1, 0.15) is 23.6 Å². The first-order chi connectivity index (χ1) is 15.4. The van der Waals surface area contributed by atoms with Gasteiger partial charge < -0.3 is 10.8 Å². The van der Waals surface area contributed by atoms with Crippen LogP contribution in [0.4, 0.5) is 11.7 Å². The lowest BCUT2D eigenvalue weighted by Crippen LogP contribution is -2.53. The average Bonchev–Trinajstić information content (AvgIpc) is 3.26. The number of nitrogens with two attached hydrogens (primary N) is 1. The summed E-state index contributed by atoms with van der Waals surface area (Å²) in [5.74, 6) is -0.562. The maximum atomic E-state index is 12.3. The number of nitrogens with zero attached hydrogens (tertiary/aromatic N) is 7. The van der Waals surface area contributed by atoms with Gasteiger partial charge in [0.1, 0.15) is 28.5 Å². The number of benzene rings is 1. The molecule has 0 aliphatic heterocycles. The largest absolute Gasteiger partial charge is 0.861 e. The van der Waals surface area contributed by atoms with Gasteiger partial charge in [-0.15, -0.1) is 0 Å². The third-order valence-corrected chi connectivity index (χ3v) is 5.45. The van der Waals surface area contributed by atoms with E-state index in [1.54, 1.807) is 19.1 Å². The summed E-state index contributed by atoms with van der Waals surface area (Å²) >= 11 is 1.02. The van der Waals surface area contributed by atoms with Crippen molar-refractivity contribution < 1.29 is 14.4 Å². The molecule has 2 heterocycles. The van der Waals surface area contributed by atoms with Gasteiger partial charge in [-0.25, -0.2) is 9.98 Å². The van der Waals surface area contributed by atoms with Crippen LogP contribution in [0.15, 0.2) is 45.0 Å². The van der Waals surface area contributed by atoms with Crippen LogP contribution >= 0.6 is 11.8 Å². The molecule has 0 unspecified atom stereocenters. The molecule has 0 spiro atoms. The molecule has 3 rings (SSSR count). The molecular formula is C21H20N8O2S. The first-order valence-electron chi connectivity index (χ1n) is 9.54. The maximum Gasteiger partial charge on any atom is 0.324 e. The van der Waals surface area contributed by atoms with Gasteiger partial charge in [-0.2, -0.15) is 15.5 Å². The lowest BCUT2D eigenvalue weighted by atomic mass is 9.96. The van der Waals surface area contributed by atoms with Crippen molar-refractivity contribution in [3.05, 3.63) is 47.2 Å². The molecule has 3 aromatic rings. The fourth-order valence-corrected chi connectivity index (χ4v) is 3.63. The van der Waals surface area contributed by atoms with Crippen LogP contribution in [0.25, 0.3) is 11.1 Å². The van der Waals surface area contributed by atoms with Crippen LogP contribution in [0.2, 0.25) is 0 Å². The zero-order chi connectivity index (χ0) is 23.3. The number of nitriles is 2. The second-order valence-electron chi connectivity index (χ2n) is 6.80. The normalized spacial score (nSPS) is 11.1. The molecule has 0 saturated heterocycles. The summed E-state index contributed by atoms with van der Waals surface area (Å²) in [4.78, 5) is 9.43. The number of pyridine rings is 1. The molecule has 0 saturated carbocycles. The third kappa shape index (κ3) is 4.79. The lowest BCUT2D eigenvalue weighted by molar-refractivity contribution is -0.753. The molecule has 0 amide bonds. The van der Waals surface area contributed by atoms with Gasteiger partial charge in [0.2, 0.25) is 5.27 Å². The monoisotopic (exact) mass is 448 g/mol. The van der Waals surface area contributed by atoms with E-state index in [9.17, 15) is 15.6 Å². The van der Waals surface area contributed by atoms with E-state index < -0.39 is 5.90 Å². The van der Waals surface area contributed by atoms with E-state index in [2.05, 4.69) is 21.3 Å². The van der Waals surface area contributed by atoms with Crippen LogP contribution in [0.3, 0.4) is 0 Å². The van der Waals surface area contributed by atoms with Crippen molar-refractivity contribution >= 4 is 29.4 Å². The Hall–Kier alpha value is -4.09. The Balaban J connectivity index is 1.94. The Morgan fingerprint density at radius 2 is 1.94 bits per heavy atom. The molecule has 0 radical (unpaired) electrons. The summed E-state index contributed by atoms with van der Waals surface area (Å²) in [5.41, 5.74) is 8.53. The van der Waals surface area contributed by atoms with E-state index in [4.69, 9.17) is 10.3 Å². The van der Waals surface area contributed by atoms with Crippen molar-refractivity contribution in [2.45, 2.75) is 18.4 Å². The predicted octanol–water partition coefficient (Wildman–Crippen LogP) is 1.29. The summed E-state index contributed by atoms with van der Waals surface area (Å²) in [6, 6.07) is 11.7. The lowest BCUT2D eigenvalue weighted by Gasteiger charge is -2.14. The van der Waals surface area contributed by atoms with Crippen molar-refractivity contribution in [3.63, 3.8) is 0 Å². The zero-order valence-electron chi connectivity index (χ0n) is 17.7. The summed E-state index contributed by atoms with van der Waals surface area (Å²) < 4.78 is 4.99. The van der Waals surface area contributed by atoms with Crippen molar-refractivity contribution in [3.8, 4) is 23.3 Å². The Kier molecular flexibility index (Phi) is 6.93. The van der Waals surface area contributed by atoms with Gasteiger partial charge in [-0.1, -0.05) is 43.0 Å². The molecule has 0 fully saturated rings. The Morgan fingerprint density at radius 3 is 2.50 bits per heavy atom. The summed E-state index contributed by atoms with van der Waals surface area (Å²) in [6.45, 7) is 2.04. The van der Waals surface area contributed by atoms with Crippen molar-refractivity contribution in [2.24, 2.45) is 4.99 Å². The van der Waals surface area contributed by atoms with Crippen LogP contribution < -0.4 is 20.6 Å². The number of hydrogen-bond donors (Lipinski definition) is 1. The number of nitrogen functional groups attached to an aromatic ring is 1. The van der Waals surface area contributed by atoms with Gasteiger partial charge in [-0.05, 0) is 23.4 Å². The smallest absolute Gasteiger partial charge is 0.324 e. The molecule has 11 heteroatoms. The second kappa shape index (κ2) is 9.81. The van der Waals surface area contributed by atoms with E-state index in [1.807, 2.05) is 37.3 Å². The highest BCUT2D eigenvalue weighted by Gasteiger charge is 2.20. The van der Waals surface area contributed by atoms with E-state index in [0.29, 0.717) is 11.1 Å². The van der Waals surface area contributed by atoms with E-state index in [-0.39, 0.29) is 33.6 Å². The van der Waals surface area contributed by atoms with Crippen LogP contribution in [-0.2, 0) is 6.42 Å². The van der Waals surface area contributed by atoms with Gasteiger partial charge in [-0.3, -0.25) is 4.52 Å². The first kappa shape index (κ1) is 22.6. The molecule has 10 nitrogen and oxygen atoms in total. The predicted molar refractivity (Wildman–Crippen MR) is 117 cm³/mol. The Bertz CT molecular complexity index is 1240. The number of rotatable bonds is 7. The maximum absolute atomic E-state index is 12.3. The molecule has 2 N–H and O–H groups in total. The number of aromatic nitrogens is 3. The summed E-state index contributed by atoms with van der Waals surface area (Å²) in [5, 5.41) is 37.4. The fraction of sp³-hybridized carbons (Fsp3) is 0.238. The highest BCUT2D eigenvalue weighted by Crippen LogP contribution is 2.35. The minimum Gasteiger partial charge on any atom is -0.861 e. The van der Waals surface area contributed by atoms with Crippen LogP contribution in [-0.4, -0.2) is 36.0 Å². The van der Waals surface area contributed by atoms with Gasteiger partial charge in [0.25, 0.3) is 6.20 Å². The van der Waals surface area contributed by atoms with Crippen molar-refractivity contribution in [1.29, 1.82) is 10.5 Å². The van der Waals surface area contributed by atoms with Crippen LogP contribution in [0.5, 0.6) is 0 Å². The minimum absolute atomic E-state index is 0.00443. The quantitative estimate of drug-likeness (QED) is 0.243. The van der Waals surface area contributed by atoms with E-state index in [1.165, 1.54) is 11.0 Å². The van der Waals surface area contributed by atoms with Gasteiger partial charge in [0.05, 0.1) is 24.4 Å². The topological polar surface area (TPSA) is 155 Å². The molecule has 2 aromatic heterocycles. The number of anilines is 1. The van der Waals surface area contributed by atoms with E-state index in [0.717, 1.165) is 23.7 Å².